The van der Waals surface area contributed by atoms with Crippen LogP contribution in [-0.2, 0) is 23.9 Å². The van der Waals surface area contributed by atoms with Gasteiger partial charge in [-0.05, 0) is 51.9 Å². The highest BCUT2D eigenvalue weighted by Crippen LogP contribution is 2.65. The number of amides is 2. The molecule has 2 bridgehead atoms. The molecule has 1 spiro atoms. The molecule has 3 aliphatic heterocycles. The Bertz CT molecular complexity index is 879. The Morgan fingerprint density at radius 1 is 1.31 bits per heavy atom. The van der Waals surface area contributed by atoms with Gasteiger partial charge >= 0.3 is 5.97 Å². The molecular weight excluding hydrogens is 448 g/mol. The van der Waals surface area contributed by atoms with E-state index >= 15 is 0 Å². The van der Waals surface area contributed by atoms with Crippen LogP contribution < -0.4 is 0 Å². The molecule has 8 heteroatoms. The third-order valence-electron chi connectivity index (χ3n) is 8.20. The quantitative estimate of drug-likeness (QED) is 0.393. The van der Waals surface area contributed by atoms with Gasteiger partial charge in [0.05, 0.1) is 24.7 Å². The number of carbonyl (C=O) groups is 3. The minimum atomic E-state index is -1.15. The second-order valence-electron chi connectivity index (χ2n) is 12.5. The van der Waals surface area contributed by atoms with Crippen molar-refractivity contribution < 1.29 is 29.0 Å². The second kappa shape index (κ2) is 9.18. The van der Waals surface area contributed by atoms with Crippen molar-refractivity contribution in [3.8, 4) is 0 Å². The van der Waals surface area contributed by atoms with Crippen molar-refractivity contribution in [2.24, 2.45) is 23.2 Å². The predicted molar refractivity (Wildman–Crippen MR) is 132 cm³/mol. The molecule has 6 atom stereocenters. The van der Waals surface area contributed by atoms with E-state index in [-0.39, 0.29) is 42.9 Å². The van der Waals surface area contributed by atoms with Crippen LogP contribution in [0.15, 0.2) is 12.7 Å². The van der Waals surface area contributed by atoms with E-state index in [0.717, 1.165) is 6.42 Å². The Morgan fingerprint density at radius 2 is 1.94 bits per heavy atom. The molecule has 3 rings (SSSR count). The number of aliphatic hydroxyl groups excluding tert-OH is 1. The van der Waals surface area contributed by atoms with E-state index in [1.54, 1.807) is 17.9 Å². The van der Waals surface area contributed by atoms with E-state index in [9.17, 15) is 19.5 Å². The highest BCUT2D eigenvalue weighted by molar-refractivity contribution is 5.98. The zero-order valence-corrected chi connectivity index (χ0v) is 22.7. The molecule has 3 heterocycles. The van der Waals surface area contributed by atoms with Crippen LogP contribution >= 0.6 is 0 Å². The molecule has 198 valence electrons. The lowest BCUT2D eigenvalue weighted by atomic mass is 9.62. The summed E-state index contributed by atoms with van der Waals surface area (Å²) in [5.41, 5.74) is -2.62. The minimum Gasteiger partial charge on any atom is -0.466 e. The maximum Gasteiger partial charge on any atom is 0.312 e. The summed E-state index contributed by atoms with van der Waals surface area (Å²) in [6.45, 7) is 20.1. The highest BCUT2D eigenvalue weighted by Gasteiger charge is 2.80. The number of fused-ring (bicyclic) bond motifs is 1. The van der Waals surface area contributed by atoms with Crippen molar-refractivity contribution in [3.63, 3.8) is 0 Å². The van der Waals surface area contributed by atoms with Crippen molar-refractivity contribution in [1.82, 2.24) is 9.80 Å². The third kappa shape index (κ3) is 4.31. The molecular formula is C27H44N2O6. The highest BCUT2D eigenvalue weighted by atomic mass is 16.6. The smallest absolute Gasteiger partial charge is 0.312 e. The molecule has 3 fully saturated rings. The maximum atomic E-state index is 14.4. The molecule has 2 amide bonds. The molecule has 35 heavy (non-hydrogen) atoms. The van der Waals surface area contributed by atoms with Crippen LogP contribution in [0.2, 0.25) is 0 Å². The standard InChI is InChI=1S/C27H44N2O6/c1-10-12-29(25(7,8)16-24(4,5)6)22(32)20-27-15-17(3)26(9,35-27)19(23(33)34-11-2)18(27)21(31)28(20)13-14-30/h10,17-20,30H,1,11-16H2,2-9H3/t17?,18-,19-,20?,26+,27?/m0/s1. The average molecular weight is 493 g/mol. The van der Waals surface area contributed by atoms with Gasteiger partial charge in [-0.2, -0.15) is 0 Å². The van der Waals surface area contributed by atoms with Crippen molar-refractivity contribution >= 4 is 17.8 Å². The maximum absolute atomic E-state index is 14.4. The molecule has 0 radical (unpaired) electrons. The first kappa shape index (κ1) is 27.7. The first-order valence-corrected chi connectivity index (χ1v) is 12.8. The Kier molecular flexibility index (Phi) is 7.25. The van der Waals surface area contributed by atoms with Gasteiger partial charge in [0.1, 0.15) is 17.6 Å². The van der Waals surface area contributed by atoms with Gasteiger partial charge in [-0.25, -0.2) is 0 Å². The number of ether oxygens (including phenoxy) is 2. The van der Waals surface area contributed by atoms with Crippen molar-refractivity contribution in [2.75, 3.05) is 26.3 Å². The van der Waals surface area contributed by atoms with E-state index in [2.05, 4.69) is 27.4 Å². The van der Waals surface area contributed by atoms with Gasteiger partial charge in [0.2, 0.25) is 11.8 Å². The molecule has 0 aromatic heterocycles. The van der Waals surface area contributed by atoms with Gasteiger partial charge in [0, 0.05) is 18.6 Å². The number of esters is 1. The molecule has 0 aromatic carbocycles. The first-order valence-electron chi connectivity index (χ1n) is 12.8. The molecule has 3 saturated heterocycles. The molecule has 0 aliphatic carbocycles. The van der Waals surface area contributed by atoms with Gasteiger partial charge in [0.15, 0.2) is 0 Å². The van der Waals surface area contributed by atoms with Crippen LogP contribution in [0.4, 0.5) is 0 Å². The van der Waals surface area contributed by atoms with E-state index in [1.807, 2.05) is 27.7 Å². The topological polar surface area (TPSA) is 96.4 Å². The second-order valence-corrected chi connectivity index (χ2v) is 12.5. The van der Waals surface area contributed by atoms with Gasteiger partial charge < -0.3 is 24.4 Å². The van der Waals surface area contributed by atoms with Crippen molar-refractivity contribution in [2.45, 2.75) is 91.0 Å². The summed E-state index contributed by atoms with van der Waals surface area (Å²) in [6.07, 6.45) is 2.91. The van der Waals surface area contributed by atoms with Crippen LogP contribution in [0.5, 0.6) is 0 Å². The number of carbonyl (C=O) groups excluding carboxylic acids is 3. The fourth-order valence-corrected chi connectivity index (χ4v) is 7.26. The first-order chi connectivity index (χ1) is 16.1. The SMILES string of the molecule is C=CCN(C(=O)C1N(CCO)C(=O)[C@@H]2[C@@H](C(=O)OCC)[C@]3(C)OC12CC3C)C(C)(C)CC(C)(C)C. The third-order valence-corrected chi connectivity index (χ3v) is 8.20. The van der Waals surface area contributed by atoms with Crippen molar-refractivity contribution in [3.05, 3.63) is 12.7 Å². The molecule has 3 unspecified atom stereocenters. The monoisotopic (exact) mass is 492 g/mol. The summed E-state index contributed by atoms with van der Waals surface area (Å²) in [5.74, 6) is -2.69. The summed E-state index contributed by atoms with van der Waals surface area (Å²) >= 11 is 0. The minimum absolute atomic E-state index is 0.000874. The lowest BCUT2D eigenvalue weighted by molar-refractivity contribution is -0.163. The number of aliphatic hydroxyl groups is 1. The van der Waals surface area contributed by atoms with Crippen LogP contribution in [-0.4, -0.2) is 81.8 Å². The molecule has 8 nitrogen and oxygen atoms in total. The summed E-state index contributed by atoms with van der Waals surface area (Å²) in [7, 11) is 0. The Hall–Kier alpha value is -1.93. The summed E-state index contributed by atoms with van der Waals surface area (Å²) in [6, 6.07) is -0.935. The van der Waals surface area contributed by atoms with Crippen LogP contribution in [0, 0.1) is 23.2 Å². The number of β-amino-alcohol motifs (C(OH)–C–C–N with tert-alkyl or cyclic N) is 1. The number of rotatable bonds is 9. The van der Waals surface area contributed by atoms with Crippen molar-refractivity contribution in [1.29, 1.82) is 0 Å². The number of nitrogens with zero attached hydrogens (tertiary/aromatic N) is 2. The fraction of sp³-hybridized carbons (Fsp3) is 0.815. The van der Waals surface area contributed by atoms with Crippen LogP contribution in [0.1, 0.15) is 68.2 Å². The van der Waals surface area contributed by atoms with Crippen LogP contribution in [0.3, 0.4) is 0 Å². The zero-order valence-electron chi connectivity index (χ0n) is 22.7. The predicted octanol–water partition coefficient (Wildman–Crippen LogP) is 2.78. The molecule has 0 saturated carbocycles. The van der Waals surface area contributed by atoms with Gasteiger partial charge in [-0.15, -0.1) is 6.58 Å². The van der Waals surface area contributed by atoms with Gasteiger partial charge in [-0.3, -0.25) is 14.4 Å². The Balaban J connectivity index is 2.13. The number of hydrogen-bond donors (Lipinski definition) is 1. The lowest BCUT2D eigenvalue weighted by Gasteiger charge is -2.45. The summed E-state index contributed by atoms with van der Waals surface area (Å²) in [4.78, 5) is 44.6. The Labute approximate surface area is 210 Å². The van der Waals surface area contributed by atoms with Gasteiger partial charge in [0.25, 0.3) is 0 Å². The number of likely N-dealkylation sites (tertiary alicyclic amines) is 1. The van der Waals surface area contributed by atoms with E-state index in [1.165, 1.54) is 4.90 Å². The largest absolute Gasteiger partial charge is 0.466 e. The summed E-state index contributed by atoms with van der Waals surface area (Å²) < 4.78 is 12.1. The lowest BCUT2D eigenvalue weighted by Crippen LogP contribution is -2.61. The molecule has 0 aromatic rings. The number of hydrogen-bond acceptors (Lipinski definition) is 6. The van der Waals surface area contributed by atoms with E-state index in [4.69, 9.17) is 9.47 Å². The molecule has 1 N–H and O–H groups in total. The fourth-order valence-electron chi connectivity index (χ4n) is 7.26. The zero-order chi connectivity index (χ0) is 26.6. The molecule has 3 aliphatic rings. The average Bonchev–Trinajstić information content (AvgIpc) is 3.22. The van der Waals surface area contributed by atoms with E-state index in [0.29, 0.717) is 13.0 Å². The summed E-state index contributed by atoms with van der Waals surface area (Å²) in [5, 5.41) is 9.82. The van der Waals surface area contributed by atoms with E-state index < -0.39 is 40.6 Å². The Morgan fingerprint density at radius 3 is 2.46 bits per heavy atom. The van der Waals surface area contributed by atoms with Crippen LogP contribution in [0.25, 0.3) is 0 Å². The normalized spacial score (nSPS) is 34.2. The van der Waals surface area contributed by atoms with Gasteiger partial charge in [-0.1, -0.05) is 33.8 Å².